The van der Waals surface area contributed by atoms with E-state index in [1.165, 1.54) is 9.75 Å². The molecule has 1 aliphatic rings. The summed E-state index contributed by atoms with van der Waals surface area (Å²) in [6.45, 7) is 10.4. The molecule has 3 heterocycles. The van der Waals surface area contributed by atoms with Gasteiger partial charge in [0.2, 0.25) is 11.8 Å². The van der Waals surface area contributed by atoms with E-state index < -0.39 is 0 Å². The molecule has 1 saturated heterocycles. The van der Waals surface area contributed by atoms with E-state index in [0.717, 1.165) is 32.8 Å². The van der Waals surface area contributed by atoms with Crippen LogP contribution in [0.5, 0.6) is 0 Å². The van der Waals surface area contributed by atoms with E-state index in [4.69, 9.17) is 9.15 Å². The number of nitrogens with zero attached hydrogens (tertiary/aromatic N) is 3. The number of hydrogen-bond acceptors (Lipinski definition) is 7. The van der Waals surface area contributed by atoms with Gasteiger partial charge in [-0.1, -0.05) is 0 Å². The molecular weight excluding hydrogens is 312 g/mol. The Morgan fingerprint density at radius 3 is 2.65 bits per heavy atom. The monoisotopic (exact) mass is 336 g/mol. The zero-order valence-electron chi connectivity index (χ0n) is 13.9. The van der Waals surface area contributed by atoms with Crippen LogP contribution >= 0.6 is 11.3 Å². The van der Waals surface area contributed by atoms with Gasteiger partial charge in [-0.05, 0) is 26.0 Å². The lowest BCUT2D eigenvalue weighted by molar-refractivity contribution is 0.0163. The smallest absolute Gasteiger partial charge is 0.233 e. The molecule has 3 rings (SSSR count). The van der Waals surface area contributed by atoms with Crippen molar-refractivity contribution in [2.75, 3.05) is 32.8 Å². The third-order valence-electron chi connectivity index (χ3n) is 4.11. The molecule has 2 aromatic heterocycles. The van der Waals surface area contributed by atoms with Gasteiger partial charge in [-0.2, -0.15) is 0 Å². The highest BCUT2D eigenvalue weighted by Crippen LogP contribution is 2.28. The van der Waals surface area contributed by atoms with Gasteiger partial charge in [-0.15, -0.1) is 21.5 Å². The zero-order chi connectivity index (χ0) is 16.2. The van der Waals surface area contributed by atoms with Crippen LogP contribution in [0.25, 0.3) is 0 Å². The van der Waals surface area contributed by atoms with Crippen molar-refractivity contribution in [3.8, 4) is 0 Å². The second-order valence-electron chi connectivity index (χ2n) is 5.90. The summed E-state index contributed by atoms with van der Waals surface area (Å²) < 4.78 is 11.0. The van der Waals surface area contributed by atoms with Crippen molar-refractivity contribution in [1.82, 2.24) is 20.4 Å². The number of rotatable bonds is 6. The second-order valence-corrected chi connectivity index (χ2v) is 7.22. The Balaban J connectivity index is 1.68. The second kappa shape index (κ2) is 7.53. The minimum atomic E-state index is 0.0424. The third-order valence-corrected chi connectivity index (χ3v) is 5.21. The predicted molar refractivity (Wildman–Crippen MR) is 89.6 cm³/mol. The summed E-state index contributed by atoms with van der Waals surface area (Å²) in [5.41, 5.74) is 0. The number of nitrogens with one attached hydrogen (secondary N) is 1. The first kappa shape index (κ1) is 16.6. The predicted octanol–water partition coefficient (Wildman–Crippen LogP) is 2.47. The number of morpholine rings is 1. The highest BCUT2D eigenvalue weighted by atomic mass is 32.1. The van der Waals surface area contributed by atoms with Gasteiger partial charge in [-0.25, -0.2) is 0 Å². The van der Waals surface area contributed by atoms with Gasteiger partial charge in [-0.3, -0.25) is 4.90 Å². The average Bonchev–Trinajstić information content (AvgIpc) is 3.17. The summed E-state index contributed by atoms with van der Waals surface area (Å²) in [4.78, 5) is 5.23. The van der Waals surface area contributed by atoms with Crippen molar-refractivity contribution in [3.05, 3.63) is 33.7 Å². The lowest BCUT2D eigenvalue weighted by Gasteiger charge is -2.34. The molecule has 0 amide bonds. The SMILES string of the molecule is Cc1nnc([C@@H](C)NC[C@@H](c2ccc(C)s2)N2CCOCC2)o1. The number of hydrogen-bond donors (Lipinski definition) is 1. The minimum absolute atomic E-state index is 0.0424. The fraction of sp³-hybridized carbons (Fsp3) is 0.625. The average molecular weight is 336 g/mol. The Morgan fingerprint density at radius 1 is 1.26 bits per heavy atom. The van der Waals surface area contributed by atoms with E-state index in [2.05, 4.69) is 46.4 Å². The Morgan fingerprint density at radius 2 is 2.04 bits per heavy atom. The van der Waals surface area contributed by atoms with Crippen molar-refractivity contribution in [2.45, 2.75) is 32.9 Å². The fourth-order valence-electron chi connectivity index (χ4n) is 2.79. The van der Waals surface area contributed by atoms with Crippen LogP contribution in [0.1, 0.15) is 40.5 Å². The Hall–Kier alpha value is -1.28. The van der Waals surface area contributed by atoms with E-state index in [9.17, 15) is 0 Å². The topological polar surface area (TPSA) is 63.4 Å². The largest absolute Gasteiger partial charge is 0.424 e. The van der Waals surface area contributed by atoms with E-state index in [1.54, 1.807) is 0 Å². The van der Waals surface area contributed by atoms with Crippen molar-refractivity contribution < 1.29 is 9.15 Å². The van der Waals surface area contributed by atoms with Gasteiger partial charge in [0.15, 0.2) is 0 Å². The van der Waals surface area contributed by atoms with Gasteiger partial charge in [0.05, 0.1) is 25.3 Å². The summed E-state index contributed by atoms with van der Waals surface area (Å²) in [5.74, 6) is 1.25. The molecule has 0 unspecified atom stereocenters. The van der Waals surface area contributed by atoms with Crippen LogP contribution in [0.4, 0.5) is 0 Å². The van der Waals surface area contributed by atoms with Crippen LogP contribution in [-0.4, -0.2) is 47.9 Å². The maximum Gasteiger partial charge on any atom is 0.233 e. The molecular formula is C16H24N4O2S. The maximum absolute atomic E-state index is 5.52. The Kier molecular flexibility index (Phi) is 5.42. The summed E-state index contributed by atoms with van der Waals surface area (Å²) in [6, 6.07) is 4.83. The maximum atomic E-state index is 5.52. The van der Waals surface area contributed by atoms with E-state index in [0.29, 0.717) is 17.8 Å². The molecule has 0 saturated carbocycles. The lowest BCUT2D eigenvalue weighted by atomic mass is 10.1. The summed E-state index contributed by atoms with van der Waals surface area (Å²) >= 11 is 1.87. The molecule has 0 bridgehead atoms. The molecule has 1 fully saturated rings. The molecule has 0 aliphatic carbocycles. The molecule has 23 heavy (non-hydrogen) atoms. The van der Waals surface area contributed by atoms with E-state index in [1.807, 2.05) is 18.3 Å². The van der Waals surface area contributed by atoms with Gasteiger partial charge in [0, 0.05) is 36.3 Å². The Labute approximate surface area is 140 Å². The molecule has 0 radical (unpaired) electrons. The lowest BCUT2D eigenvalue weighted by Crippen LogP contribution is -2.43. The molecule has 2 aromatic rings. The van der Waals surface area contributed by atoms with Crippen molar-refractivity contribution in [1.29, 1.82) is 0 Å². The highest BCUT2D eigenvalue weighted by Gasteiger charge is 2.25. The molecule has 126 valence electrons. The van der Waals surface area contributed by atoms with Gasteiger partial charge >= 0.3 is 0 Å². The molecule has 1 N–H and O–H groups in total. The van der Waals surface area contributed by atoms with Crippen LogP contribution in [0.3, 0.4) is 0 Å². The highest BCUT2D eigenvalue weighted by molar-refractivity contribution is 7.12. The normalized spacial score (nSPS) is 18.9. The fourth-order valence-corrected chi connectivity index (χ4v) is 3.81. The first-order valence-corrected chi connectivity index (χ1v) is 8.86. The van der Waals surface area contributed by atoms with Crippen LogP contribution in [0.2, 0.25) is 0 Å². The van der Waals surface area contributed by atoms with E-state index in [-0.39, 0.29) is 6.04 Å². The van der Waals surface area contributed by atoms with E-state index >= 15 is 0 Å². The van der Waals surface area contributed by atoms with Crippen molar-refractivity contribution in [2.24, 2.45) is 0 Å². The quantitative estimate of drug-likeness (QED) is 0.874. The van der Waals surface area contributed by atoms with Crippen LogP contribution < -0.4 is 5.32 Å². The van der Waals surface area contributed by atoms with Crippen molar-refractivity contribution in [3.63, 3.8) is 0 Å². The number of aromatic nitrogens is 2. The summed E-state index contributed by atoms with van der Waals surface area (Å²) in [7, 11) is 0. The van der Waals surface area contributed by atoms with Gasteiger partial charge < -0.3 is 14.5 Å². The van der Waals surface area contributed by atoms with Gasteiger partial charge in [0.25, 0.3) is 0 Å². The Bertz CT molecular complexity index is 621. The van der Waals surface area contributed by atoms with Gasteiger partial charge in [0.1, 0.15) is 0 Å². The zero-order valence-corrected chi connectivity index (χ0v) is 14.7. The van der Waals surface area contributed by atoms with Crippen LogP contribution in [-0.2, 0) is 4.74 Å². The number of thiophene rings is 1. The van der Waals surface area contributed by atoms with Crippen LogP contribution in [0, 0.1) is 13.8 Å². The molecule has 0 spiro atoms. The first-order valence-electron chi connectivity index (χ1n) is 8.05. The van der Waals surface area contributed by atoms with Crippen molar-refractivity contribution >= 4 is 11.3 Å². The molecule has 7 heteroatoms. The number of ether oxygens (including phenoxy) is 1. The molecule has 0 aromatic carbocycles. The standard InChI is InChI=1S/C16H24N4O2S/c1-11-4-5-15(23-11)14(20-6-8-21-9-7-20)10-17-12(2)16-19-18-13(3)22-16/h4-5,12,14,17H,6-10H2,1-3H3/t12-,14+/m1/s1. The molecule has 6 nitrogen and oxygen atoms in total. The minimum Gasteiger partial charge on any atom is -0.424 e. The van der Waals surface area contributed by atoms with Crippen LogP contribution in [0.15, 0.2) is 16.5 Å². The molecule has 1 aliphatic heterocycles. The molecule has 2 atom stereocenters. The summed E-state index contributed by atoms with van der Waals surface area (Å²) in [5, 5.41) is 11.6. The summed E-state index contributed by atoms with van der Waals surface area (Å²) in [6.07, 6.45) is 0. The first-order chi connectivity index (χ1) is 11.1. The third kappa shape index (κ3) is 4.17. The number of aryl methyl sites for hydroxylation is 2.